The van der Waals surface area contributed by atoms with Crippen molar-refractivity contribution in [2.45, 2.75) is 13.8 Å². The van der Waals surface area contributed by atoms with Gasteiger partial charge in [0.1, 0.15) is 0 Å². The number of ether oxygens (including phenoxy) is 1. The summed E-state index contributed by atoms with van der Waals surface area (Å²) in [7, 11) is 0. The normalized spacial score (nSPS) is 26.5. The highest BCUT2D eigenvalue weighted by Gasteiger charge is 2.23. The monoisotopic (exact) mass is 194 g/mol. The minimum atomic E-state index is 0.290. The van der Waals surface area contributed by atoms with E-state index in [1.165, 1.54) is 0 Å². The predicted molar refractivity (Wildman–Crippen MR) is 47.9 cm³/mol. The van der Waals surface area contributed by atoms with Gasteiger partial charge in [0.2, 0.25) is 0 Å². The minimum absolute atomic E-state index is 0.290. The quantitative estimate of drug-likeness (QED) is 0.624. The Hall–Kier alpha value is 0.280. The Bertz CT molecular complexity index is 175. The van der Waals surface area contributed by atoms with Gasteiger partial charge in [-0.3, -0.25) is 0 Å². The highest BCUT2D eigenvalue weighted by atomic mass is 35.5. The first-order valence-electron chi connectivity index (χ1n) is 3.74. The molecular formula is C8H12Cl2O. The average molecular weight is 195 g/mol. The molecule has 1 nitrogen and oxygen atoms in total. The van der Waals surface area contributed by atoms with Crippen LogP contribution in [0.3, 0.4) is 0 Å². The Morgan fingerprint density at radius 3 is 2.55 bits per heavy atom. The summed E-state index contributed by atoms with van der Waals surface area (Å²) in [5, 5.41) is 1.45. The Morgan fingerprint density at radius 1 is 1.45 bits per heavy atom. The zero-order valence-corrected chi connectivity index (χ0v) is 8.24. The van der Waals surface area contributed by atoms with Crippen molar-refractivity contribution in [3.63, 3.8) is 0 Å². The standard InChI is InChI=1S/C8H12Cl2O/c1-5(2)6-3-11-4-7(9)8(6)10/h5-6H,3-4H2,1-2H3. The molecule has 0 amide bonds. The first-order chi connectivity index (χ1) is 5.13. The van der Waals surface area contributed by atoms with E-state index in [4.69, 9.17) is 27.9 Å². The van der Waals surface area contributed by atoms with Crippen molar-refractivity contribution in [1.82, 2.24) is 0 Å². The lowest BCUT2D eigenvalue weighted by Gasteiger charge is -2.25. The van der Waals surface area contributed by atoms with E-state index < -0.39 is 0 Å². The van der Waals surface area contributed by atoms with Crippen LogP contribution in [0.5, 0.6) is 0 Å². The van der Waals surface area contributed by atoms with Gasteiger partial charge in [-0.15, -0.1) is 0 Å². The first kappa shape index (κ1) is 9.37. The lowest BCUT2D eigenvalue weighted by molar-refractivity contribution is 0.104. The van der Waals surface area contributed by atoms with Crippen molar-refractivity contribution in [1.29, 1.82) is 0 Å². The second-order valence-electron chi connectivity index (χ2n) is 3.12. The second kappa shape index (κ2) is 3.79. The lowest BCUT2D eigenvalue weighted by Crippen LogP contribution is -2.22. The van der Waals surface area contributed by atoms with Crippen LogP contribution >= 0.6 is 23.2 Å². The maximum absolute atomic E-state index is 6.00. The predicted octanol–water partition coefficient (Wildman–Crippen LogP) is 2.98. The van der Waals surface area contributed by atoms with Gasteiger partial charge >= 0.3 is 0 Å². The maximum atomic E-state index is 6.00. The van der Waals surface area contributed by atoms with Gasteiger partial charge in [0, 0.05) is 11.0 Å². The number of hydrogen-bond acceptors (Lipinski definition) is 1. The number of hydrogen-bond donors (Lipinski definition) is 0. The fraction of sp³-hybridized carbons (Fsp3) is 0.750. The molecule has 1 aliphatic rings. The molecule has 0 fully saturated rings. The fourth-order valence-electron chi connectivity index (χ4n) is 1.10. The van der Waals surface area contributed by atoms with E-state index in [0.717, 1.165) is 5.03 Å². The van der Waals surface area contributed by atoms with E-state index in [1.54, 1.807) is 0 Å². The molecule has 1 rings (SSSR count). The molecule has 0 N–H and O–H groups in total. The summed E-state index contributed by atoms with van der Waals surface area (Å²) < 4.78 is 5.25. The molecule has 0 aliphatic carbocycles. The van der Waals surface area contributed by atoms with Crippen LogP contribution < -0.4 is 0 Å². The van der Waals surface area contributed by atoms with Gasteiger partial charge < -0.3 is 4.74 Å². The van der Waals surface area contributed by atoms with Crippen molar-refractivity contribution in [3.05, 3.63) is 10.1 Å². The van der Waals surface area contributed by atoms with Crippen LogP contribution in [0, 0.1) is 11.8 Å². The second-order valence-corrected chi connectivity index (χ2v) is 3.98. The van der Waals surface area contributed by atoms with Crippen molar-refractivity contribution in [3.8, 4) is 0 Å². The van der Waals surface area contributed by atoms with E-state index in [2.05, 4.69) is 13.8 Å². The van der Waals surface area contributed by atoms with Crippen LogP contribution in [-0.4, -0.2) is 13.2 Å². The van der Waals surface area contributed by atoms with Crippen molar-refractivity contribution >= 4 is 23.2 Å². The topological polar surface area (TPSA) is 9.23 Å². The zero-order chi connectivity index (χ0) is 8.43. The van der Waals surface area contributed by atoms with E-state index in [1.807, 2.05) is 0 Å². The van der Waals surface area contributed by atoms with E-state index in [-0.39, 0.29) is 5.92 Å². The third kappa shape index (κ3) is 2.11. The van der Waals surface area contributed by atoms with Crippen molar-refractivity contribution < 1.29 is 4.74 Å². The van der Waals surface area contributed by atoms with Crippen LogP contribution in [0.4, 0.5) is 0 Å². The van der Waals surface area contributed by atoms with E-state index in [9.17, 15) is 0 Å². The highest BCUT2D eigenvalue weighted by molar-refractivity contribution is 6.39. The smallest absolute Gasteiger partial charge is 0.0835 e. The molecule has 1 aliphatic heterocycles. The first-order valence-corrected chi connectivity index (χ1v) is 4.50. The summed E-state index contributed by atoms with van der Waals surface area (Å²) in [6.45, 7) is 5.41. The third-order valence-electron chi connectivity index (χ3n) is 1.92. The summed E-state index contributed by atoms with van der Waals surface area (Å²) in [5.41, 5.74) is 0. The van der Waals surface area contributed by atoms with Crippen LogP contribution in [0.25, 0.3) is 0 Å². The molecule has 0 aromatic carbocycles. The molecule has 1 unspecified atom stereocenters. The maximum Gasteiger partial charge on any atom is 0.0835 e. The summed E-state index contributed by atoms with van der Waals surface area (Å²) >= 11 is 11.8. The Labute approximate surface area is 77.3 Å². The molecule has 0 bridgehead atoms. The van der Waals surface area contributed by atoms with Gasteiger partial charge in [-0.25, -0.2) is 0 Å². The molecule has 0 spiro atoms. The SMILES string of the molecule is CC(C)C1COCC(Cl)=C1Cl. The van der Waals surface area contributed by atoms with Crippen LogP contribution in [0.15, 0.2) is 10.1 Å². The van der Waals surface area contributed by atoms with Gasteiger partial charge in [0.05, 0.1) is 18.2 Å². The van der Waals surface area contributed by atoms with Gasteiger partial charge in [-0.2, -0.15) is 0 Å². The molecule has 0 saturated carbocycles. The van der Waals surface area contributed by atoms with Crippen LogP contribution in [0.1, 0.15) is 13.8 Å². The molecular weight excluding hydrogens is 183 g/mol. The summed E-state index contributed by atoms with van der Waals surface area (Å²) in [5.74, 6) is 0.787. The zero-order valence-electron chi connectivity index (χ0n) is 6.73. The van der Waals surface area contributed by atoms with Gasteiger partial charge in [-0.05, 0) is 5.92 Å². The summed E-state index contributed by atoms with van der Waals surface area (Å²) in [6.07, 6.45) is 0. The highest BCUT2D eigenvalue weighted by Crippen LogP contribution is 2.32. The molecule has 0 aromatic heterocycles. The summed E-state index contributed by atoms with van der Waals surface area (Å²) in [4.78, 5) is 0. The molecule has 1 atom stereocenters. The van der Waals surface area contributed by atoms with Crippen LogP contribution in [-0.2, 0) is 4.74 Å². The van der Waals surface area contributed by atoms with Gasteiger partial charge in [0.25, 0.3) is 0 Å². The minimum Gasteiger partial charge on any atom is -0.375 e. The molecule has 0 radical (unpaired) electrons. The van der Waals surface area contributed by atoms with Crippen LogP contribution in [0.2, 0.25) is 0 Å². The Kier molecular flexibility index (Phi) is 3.23. The molecule has 64 valence electrons. The molecule has 0 aromatic rings. The lowest BCUT2D eigenvalue weighted by atomic mass is 9.95. The Morgan fingerprint density at radius 2 is 2.09 bits per heavy atom. The van der Waals surface area contributed by atoms with Gasteiger partial charge in [-0.1, -0.05) is 37.0 Å². The average Bonchev–Trinajstić information content (AvgIpc) is 1.94. The summed E-state index contributed by atoms with van der Waals surface area (Å²) in [6, 6.07) is 0. The molecule has 11 heavy (non-hydrogen) atoms. The number of rotatable bonds is 1. The van der Waals surface area contributed by atoms with E-state index >= 15 is 0 Å². The largest absolute Gasteiger partial charge is 0.375 e. The van der Waals surface area contributed by atoms with Crippen molar-refractivity contribution in [2.24, 2.45) is 11.8 Å². The third-order valence-corrected chi connectivity index (χ3v) is 2.83. The Balaban J connectivity index is 2.74. The van der Waals surface area contributed by atoms with E-state index in [0.29, 0.717) is 24.2 Å². The van der Waals surface area contributed by atoms with Gasteiger partial charge in [0.15, 0.2) is 0 Å². The molecule has 3 heteroatoms. The number of halogens is 2. The van der Waals surface area contributed by atoms with Crippen molar-refractivity contribution in [2.75, 3.05) is 13.2 Å². The fourth-order valence-corrected chi connectivity index (χ4v) is 1.69. The molecule has 1 heterocycles. The molecule has 0 saturated heterocycles.